The molecule has 1 aromatic carbocycles. The maximum Gasteiger partial charge on any atom is 0.326 e. The van der Waals surface area contributed by atoms with Gasteiger partial charge in [-0.1, -0.05) is 30.3 Å². The number of nitrogens with one attached hydrogen (secondary N) is 1. The molecular formula is C14H18N2O3. The van der Waals surface area contributed by atoms with Gasteiger partial charge in [-0.15, -0.1) is 0 Å². The van der Waals surface area contributed by atoms with Crippen molar-refractivity contribution in [3.63, 3.8) is 0 Å². The van der Waals surface area contributed by atoms with Crippen molar-refractivity contribution in [1.82, 2.24) is 10.2 Å². The van der Waals surface area contributed by atoms with Crippen LogP contribution in [0.1, 0.15) is 18.4 Å². The highest BCUT2D eigenvalue weighted by atomic mass is 16.4. The Hall–Kier alpha value is -2.04. The van der Waals surface area contributed by atoms with E-state index in [0.717, 1.165) is 18.4 Å². The minimum absolute atomic E-state index is 0.277. The van der Waals surface area contributed by atoms with E-state index >= 15 is 0 Å². The maximum atomic E-state index is 11.9. The summed E-state index contributed by atoms with van der Waals surface area (Å²) in [6, 6.07) is 8.15. The van der Waals surface area contributed by atoms with Gasteiger partial charge in [-0.25, -0.2) is 9.59 Å². The number of carboxylic acid groups (broad SMARTS) is 1. The molecule has 0 aliphatic carbocycles. The molecule has 1 aliphatic heterocycles. The van der Waals surface area contributed by atoms with Crippen LogP contribution in [0, 0.1) is 0 Å². The fourth-order valence-electron chi connectivity index (χ4n) is 2.21. The van der Waals surface area contributed by atoms with E-state index < -0.39 is 12.0 Å². The lowest BCUT2D eigenvalue weighted by Gasteiger charge is -2.20. The highest BCUT2D eigenvalue weighted by Crippen LogP contribution is 2.09. The van der Waals surface area contributed by atoms with Gasteiger partial charge in [-0.3, -0.25) is 0 Å². The third kappa shape index (κ3) is 3.71. The Bertz CT molecular complexity index is 441. The van der Waals surface area contributed by atoms with Crippen LogP contribution >= 0.6 is 0 Å². The summed E-state index contributed by atoms with van der Waals surface area (Å²) in [5, 5.41) is 11.8. The summed E-state index contributed by atoms with van der Waals surface area (Å²) >= 11 is 0. The largest absolute Gasteiger partial charge is 0.480 e. The van der Waals surface area contributed by atoms with Crippen molar-refractivity contribution in [2.75, 3.05) is 13.1 Å². The van der Waals surface area contributed by atoms with E-state index in [4.69, 9.17) is 0 Å². The minimum atomic E-state index is -1.00. The normalized spacial score (nSPS) is 16.1. The van der Waals surface area contributed by atoms with Gasteiger partial charge < -0.3 is 15.3 Å². The van der Waals surface area contributed by atoms with Gasteiger partial charge in [0.15, 0.2) is 0 Å². The zero-order chi connectivity index (χ0) is 13.7. The van der Waals surface area contributed by atoms with E-state index in [1.54, 1.807) is 4.90 Å². The van der Waals surface area contributed by atoms with E-state index in [9.17, 15) is 14.7 Å². The number of carbonyl (C=O) groups excluding carboxylic acids is 1. The number of rotatable bonds is 4. The highest BCUT2D eigenvalue weighted by Gasteiger charge is 2.24. The Morgan fingerprint density at radius 3 is 2.42 bits per heavy atom. The first-order chi connectivity index (χ1) is 9.16. The summed E-state index contributed by atoms with van der Waals surface area (Å²) in [7, 11) is 0. The zero-order valence-electron chi connectivity index (χ0n) is 10.7. The first-order valence-corrected chi connectivity index (χ1v) is 6.49. The first kappa shape index (κ1) is 13.4. The Morgan fingerprint density at radius 2 is 1.84 bits per heavy atom. The summed E-state index contributed by atoms with van der Waals surface area (Å²) in [5.74, 6) is -1.00. The van der Waals surface area contributed by atoms with Crippen LogP contribution in [0.15, 0.2) is 30.3 Å². The monoisotopic (exact) mass is 262 g/mol. The first-order valence-electron chi connectivity index (χ1n) is 6.49. The second-order valence-corrected chi connectivity index (χ2v) is 4.72. The molecule has 1 aromatic rings. The number of carbonyl (C=O) groups is 2. The molecule has 5 heteroatoms. The fraction of sp³-hybridized carbons (Fsp3) is 0.429. The molecule has 19 heavy (non-hydrogen) atoms. The second kappa shape index (κ2) is 6.22. The molecular weight excluding hydrogens is 244 g/mol. The van der Waals surface area contributed by atoms with Crippen molar-refractivity contribution in [3.8, 4) is 0 Å². The molecule has 1 saturated heterocycles. The lowest BCUT2D eigenvalue weighted by Crippen LogP contribution is -2.48. The summed E-state index contributed by atoms with van der Waals surface area (Å²) in [5.41, 5.74) is 0.900. The van der Waals surface area contributed by atoms with E-state index in [0.29, 0.717) is 19.5 Å². The molecule has 5 nitrogen and oxygen atoms in total. The second-order valence-electron chi connectivity index (χ2n) is 4.72. The van der Waals surface area contributed by atoms with E-state index in [1.807, 2.05) is 30.3 Å². The maximum absolute atomic E-state index is 11.9. The standard InChI is InChI=1S/C14H18N2O3/c17-13(18)12(10-11-6-2-1-3-7-11)15-14(19)16-8-4-5-9-16/h1-3,6-7,12H,4-5,8-10H2,(H,15,19)(H,17,18). The van der Waals surface area contributed by atoms with Crippen molar-refractivity contribution in [2.45, 2.75) is 25.3 Å². The molecule has 1 heterocycles. The number of likely N-dealkylation sites (tertiary alicyclic amines) is 1. The summed E-state index contributed by atoms with van der Waals surface area (Å²) < 4.78 is 0. The van der Waals surface area contributed by atoms with Gasteiger partial charge in [0.05, 0.1) is 0 Å². The predicted octanol–water partition coefficient (Wildman–Crippen LogP) is 1.49. The molecule has 1 atom stereocenters. The van der Waals surface area contributed by atoms with Gasteiger partial charge in [0.25, 0.3) is 0 Å². The Balaban J connectivity index is 1.96. The Labute approximate surface area is 112 Å². The number of benzene rings is 1. The van der Waals surface area contributed by atoms with Gasteiger partial charge >= 0.3 is 12.0 Å². The molecule has 2 amide bonds. The van der Waals surface area contributed by atoms with Crippen LogP contribution in [0.3, 0.4) is 0 Å². The molecule has 0 radical (unpaired) electrons. The fourth-order valence-corrected chi connectivity index (χ4v) is 2.21. The molecule has 1 fully saturated rings. The molecule has 1 unspecified atom stereocenters. The number of carboxylic acids is 1. The quantitative estimate of drug-likeness (QED) is 0.863. The SMILES string of the molecule is O=C(O)C(Cc1ccccc1)NC(=O)N1CCCC1. The van der Waals surface area contributed by atoms with Gasteiger partial charge in [0.1, 0.15) is 6.04 Å². The van der Waals surface area contributed by atoms with E-state index in [1.165, 1.54) is 0 Å². The average molecular weight is 262 g/mol. The van der Waals surface area contributed by atoms with E-state index in [-0.39, 0.29) is 6.03 Å². The number of nitrogens with zero attached hydrogens (tertiary/aromatic N) is 1. The third-order valence-electron chi connectivity index (χ3n) is 3.27. The zero-order valence-corrected chi connectivity index (χ0v) is 10.7. The van der Waals surface area contributed by atoms with Crippen LogP contribution < -0.4 is 5.32 Å². The van der Waals surface area contributed by atoms with Crippen LogP contribution in [-0.4, -0.2) is 41.1 Å². The molecule has 0 spiro atoms. The number of urea groups is 1. The van der Waals surface area contributed by atoms with Crippen LogP contribution in [0.5, 0.6) is 0 Å². The van der Waals surface area contributed by atoms with Gasteiger partial charge in [0.2, 0.25) is 0 Å². The highest BCUT2D eigenvalue weighted by molar-refractivity contribution is 5.82. The molecule has 0 bridgehead atoms. The number of hydrogen-bond acceptors (Lipinski definition) is 2. The van der Waals surface area contributed by atoms with Gasteiger partial charge in [0, 0.05) is 19.5 Å². The van der Waals surface area contributed by atoms with Gasteiger partial charge in [-0.2, -0.15) is 0 Å². The van der Waals surface area contributed by atoms with Crippen molar-refractivity contribution in [1.29, 1.82) is 0 Å². The summed E-state index contributed by atoms with van der Waals surface area (Å²) in [6.07, 6.45) is 2.28. The van der Waals surface area contributed by atoms with Crippen molar-refractivity contribution >= 4 is 12.0 Å². The Kier molecular flexibility index (Phi) is 4.39. The van der Waals surface area contributed by atoms with Crippen molar-refractivity contribution in [2.24, 2.45) is 0 Å². The molecule has 2 rings (SSSR count). The lowest BCUT2D eigenvalue weighted by atomic mass is 10.1. The third-order valence-corrected chi connectivity index (χ3v) is 3.27. The van der Waals surface area contributed by atoms with E-state index in [2.05, 4.69) is 5.32 Å². The van der Waals surface area contributed by atoms with Gasteiger partial charge in [-0.05, 0) is 18.4 Å². The van der Waals surface area contributed by atoms with Crippen LogP contribution in [0.4, 0.5) is 4.79 Å². The smallest absolute Gasteiger partial charge is 0.326 e. The molecule has 1 aliphatic rings. The van der Waals surface area contributed by atoms with Crippen LogP contribution in [0.25, 0.3) is 0 Å². The Morgan fingerprint density at radius 1 is 1.21 bits per heavy atom. The topological polar surface area (TPSA) is 69.6 Å². The lowest BCUT2D eigenvalue weighted by molar-refractivity contribution is -0.139. The number of aliphatic carboxylic acids is 1. The minimum Gasteiger partial charge on any atom is -0.480 e. The average Bonchev–Trinajstić information content (AvgIpc) is 2.93. The van der Waals surface area contributed by atoms with Crippen LogP contribution in [0.2, 0.25) is 0 Å². The van der Waals surface area contributed by atoms with Crippen molar-refractivity contribution < 1.29 is 14.7 Å². The number of hydrogen-bond donors (Lipinski definition) is 2. The van der Waals surface area contributed by atoms with Crippen LogP contribution in [-0.2, 0) is 11.2 Å². The van der Waals surface area contributed by atoms with Crippen molar-refractivity contribution in [3.05, 3.63) is 35.9 Å². The number of amides is 2. The molecule has 0 saturated carbocycles. The predicted molar refractivity (Wildman–Crippen MR) is 70.9 cm³/mol. The summed E-state index contributed by atoms with van der Waals surface area (Å²) in [6.45, 7) is 1.42. The molecule has 0 aromatic heterocycles. The molecule has 2 N–H and O–H groups in total. The summed E-state index contributed by atoms with van der Waals surface area (Å²) in [4.78, 5) is 24.8. The molecule has 102 valence electrons.